The van der Waals surface area contributed by atoms with E-state index in [1.165, 1.54) is 40.4 Å². The summed E-state index contributed by atoms with van der Waals surface area (Å²) in [4.78, 5) is 2.59. The highest BCUT2D eigenvalue weighted by atomic mass is 32.2. The van der Waals surface area contributed by atoms with E-state index in [2.05, 4.69) is 80.3 Å². The molecular weight excluding hydrogens is 350 g/mol. The smallest absolute Gasteiger partial charge is 0.0932 e. The Kier molecular flexibility index (Phi) is 4.60. The molecule has 2 aliphatic heterocycles. The van der Waals surface area contributed by atoms with Gasteiger partial charge in [-0.15, -0.1) is 0 Å². The van der Waals surface area contributed by atoms with E-state index < -0.39 is 0 Å². The molecule has 2 aliphatic rings. The van der Waals surface area contributed by atoms with Crippen molar-refractivity contribution in [3.05, 3.63) is 77.9 Å². The molecule has 1 fully saturated rings. The van der Waals surface area contributed by atoms with Gasteiger partial charge in [0.1, 0.15) is 0 Å². The molecule has 4 heteroatoms. The van der Waals surface area contributed by atoms with Gasteiger partial charge in [-0.05, 0) is 41.3 Å². The van der Waals surface area contributed by atoms with Gasteiger partial charge in [-0.2, -0.15) is 0 Å². The second-order valence-electron chi connectivity index (χ2n) is 7.39. The minimum absolute atomic E-state index is 0.557. The van der Waals surface area contributed by atoms with Crippen molar-refractivity contribution in [2.24, 2.45) is 4.40 Å². The lowest BCUT2D eigenvalue weighted by atomic mass is 10.0. The maximum Gasteiger partial charge on any atom is 0.0932 e. The van der Waals surface area contributed by atoms with E-state index in [0.29, 0.717) is 6.04 Å². The van der Waals surface area contributed by atoms with Crippen molar-refractivity contribution in [1.82, 2.24) is 4.90 Å². The summed E-state index contributed by atoms with van der Waals surface area (Å²) < 4.78 is 6.91. The van der Waals surface area contributed by atoms with Gasteiger partial charge in [0.05, 0.1) is 17.8 Å². The minimum atomic E-state index is 0.557. The molecule has 3 aromatic carbocycles. The second-order valence-corrected chi connectivity index (χ2v) is 8.16. The molecule has 5 rings (SSSR count). The first-order valence-electron chi connectivity index (χ1n) is 9.66. The maximum atomic E-state index is 4.49. The fourth-order valence-electron chi connectivity index (χ4n) is 4.14. The fourth-order valence-corrected chi connectivity index (χ4v) is 5.00. The van der Waals surface area contributed by atoms with Gasteiger partial charge in [-0.25, -0.2) is 4.40 Å². The molecule has 3 nitrogen and oxygen atoms in total. The zero-order chi connectivity index (χ0) is 18.1. The summed E-state index contributed by atoms with van der Waals surface area (Å²) in [6, 6.07) is 24.6. The molecule has 0 radical (unpaired) electrons. The van der Waals surface area contributed by atoms with E-state index in [1.807, 2.05) is 6.21 Å². The van der Waals surface area contributed by atoms with E-state index in [4.69, 9.17) is 0 Å². The summed E-state index contributed by atoms with van der Waals surface area (Å²) in [6.07, 6.45) is 4.35. The van der Waals surface area contributed by atoms with Gasteiger partial charge in [0.25, 0.3) is 0 Å². The number of hydrogen-bond acceptors (Lipinski definition) is 4. The number of likely N-dealkylation sites (tertiary alicyclic amines) is 1. The number of nitrogens with zero attached hydrogens (tertiary/aromatic N) is 3. The number of para-hydroxylation sites is 1. The zero-order valence-electron chi connectivity index (χ0n) is 15.3. The van der Waals surface area contributed by atoms with Crippen LogP contribution in [0.5, 0.6) is 0 Å². The van der Waals surface area contributed by atoms with Crippen LogP contribution in [0.15, 0.2) is 71.1 Å². The summed E-state index contributed by atoms with van der Waals surface area (Å²) in [6.45, 7) is 3.32. The molecule has 0 aromatic heterocycles. The van der Waals surface area contributed by atoms with Crippen LogP contribution in [0.1, 0.15) is 24.0 Å². The van der Waals surface area contributed by atoms with Gasteiger partial charge in [0, 0.05) is 37.5 Å². The van der Waals surface area contributed by atoms with E-state index >= 15 is 0 Å². The zero-order valence-corrected chi connectivity index (χ0v) is 16.1. The highest BCUT2D eigenvalue weighted by Crippen LogP contribution is 2.35. The number of benzene rings is 3. The standard InChI is InChI=1S/C23H23N3S/c1-2-6-20-15-18(9-10-19(20)5-1)17-25-13-11-22(12-14-25)26-23-8-4-3-7-21(23)16-24-27-26/h1-10,15-16,22H,11-14,17H2. The van der Waals surface area contributed by atoms with E-state index in [1.54, 1.807) is 12.1 Å². The first-order chi connectivity index (χ1) is 13.4. The van der Waals surface area contributed by atoms with Crippen LogP contribution in [-0.2, 0) is 6.54 Å². The fraction of sp³-hybridized carbons (Fsp3) is 0.261. The lowest BCUT2D eigenvalue weighted by molar-refractivity contribution is 0.207. The molecule has 2 heterocycles. The Bertz CT molecular complexity index is 976. The van der Waals surface area contributed by atoms with E-state index in [9.17, 15) is 0 Å². The number of fused-ring (bicyclic) bond motifs is 2. The van der Waals surface area contributed by atoms with Crippen molar-refractivity contribution in [1.29, 1.82) is 0 Å². The monoisotopic (exact) mass is 373 g/mol. The van der Waals surface area contributed by atoms with Gasteiger partial charge >= 0.3 is 0 Å². The second kappa shape index (κ2) is 7.37. The summed E-state index contributed by atoms with van der Waals surface area (Å²) in [5, 5.41) is 2.66. The number of hydrogen-bond donors (Lipinski definition) is 0. The molecule has 0 saturated carbocycles. The van der Waals surface area contributed by atoms with Crippen LogP contribution in [0.2, 0.25) is 0 Å². The molecule has 1 saturated heterocycles. The highest BCUT2D eigenvalue weighted by Gasteiger charge is 2.28. The first kappa shape index (κ1) is 16.8. The Morgan fingerprint density at radius 1 is 0.889 bits per heavy atom. The molecular formula is C23H23N3S. The SMILES string of the molecule is C1=NSN(C2CCN(Cc3ccc4ccccc4c3)CC2)c2ccccc21. The summed E-state index contributed by atoms with van der Waals surface area (Å²) in [5.41, 5.74) is 3.95. The van der Waals surface area contributed by atoms with Gasteiger partial charge < -0.3 is 0 Å². The molecule has 27 heavy (non-hydrogen) atoms. The molecule has 0 amide bonds. The Morgan fingerprint density at radius 2 is 1.67 bits per heavy atom. The Labute approximate surface area is 165 Å². The van der Waals surface area contributed by atoms with Gasteiger partial charge in [-0.1, -0.05) is 54.6 Å². The van der Waals surface area contributed by atoms with Crippen LogP contribution in [0, 0.1) is 0 Å². The van der Waals surface area contributed by atoms with Crippen LogP contribution in [0.4, 0.5) is 5.69 Å². The van der Waals surface area contributed by atoms with Crippen LogP contribution in [0.25, 0.3) is 10.8 Å². The molecule has 0 N–H and O–H groups in total. The predicted octanol–water partition coefficient (Wildman–Crippen LogP) is 5.31. The van der Waals surface area contributed by atoms with Crippen molar-refractivity contribution < 1.29 is 0 Å². The minimum Gasteiger partial charge on any atom is -0.299 e. The van der Waals surface area contributed by atoms with Crippen molar-refractivity contribution in [3.63, 3.8) is 0 Å². The van der Waals surface area contributed by atoms with E-state index in [-0.39, 0.29) is 0 Å². The normalized spacial score (nSPS) is 18.0. The van der Waals surface area contributed by atoms with Gasteiger partial charge in [-0.3, -0.25) is 9.21 Å². The maximum absolute atomic E-state index is 4.49. The molecule has 0 aliphatic carbocycles. The molecule has 0 atom stereocenters. The van der Waals surface area contributed by atoms with Crippen LogP contribution in [0.3, 0.4) is 0 Å². The van der Waals surface area contributed by atoms with Crippen molar-refractivity contribution in [3.8, 4) is 0 Å². The largest absolute Gasteiger partial charge is 0.299 e. The Morgan fingerprint density at radius 3 is 2.56 bits per heavy atom. The summed E-state index contributed by atoms with van der Waals surface area (Å²) in [5.74, 6) is 0. The Balaban J connectivity index is 1.24. The number of piperidine rings is 1. The van der Waals surface area contributed by atoms with Gasteiger partial charge in [0.2, 0.25) is 0 Å². The quantitative estimate of drug-likeness (QED) is 0.580. The van der Waals surface area contributed by atoms with Crippen molar-refractivity contribution >= 4 is 34.8 Å². The van der Waals surface area contributed by atoms with Crippen LogP contribution in [-0.4, -0.2) is 30.2 Å². The van der Waals surface area contributed by atoms with Crippen LogP contribution >= 0.6 is 12.1 Å². The van der Waals surface area contributed by atoms with Crippen molar-refractivity contribution in [2.75, 3.05) is 17.4 Å². The first-order valence-corrected chi connectivity index (χ1v) is 10.4. The molecule has 0 spiro atoms. The average molecular weight is 374 g/mol. The average Bonchev–Trinajstić information content (AvgIpc) is 2.74. The topological polar surface area (TPSA) is 18.8 Å². The molecule has 3 aromatic rings. The predicted molar refractivity (Wildman–Crippen MR) is 116 cm³/mol. The molecule has 0 unspecified atom stereocenters. The third-order valence-corrected chi connectivity index (χ3v) is 6.48. The number of anilines is 1. The Hall–Kier alpha value is -2.30. The third-order valence-electron chi connectivity index (χ3n) is 5.61. The summed E-state index contributed by atoms with van der Waals surface area (Å²) >= 11 is 1.60. The number of rotatable bonds is 3. The van der Waals surface area contributed by atoms with Gasteiger partial charge in [0.15, 0.2) is 0 Å². The van der Waals surface area contributed by atoms with E-state index in [0.717, 1.165) is 19.6 Å². The highest BCUT2D eigenvalue weighted by molar-refractivity contribution is 7.99. The summed E-state index contributed by atoms with van der Waals surface area (Å²) in [7, 11) is 0. The lowest BCUT2D eigenvalue weighted by Gasteiger charge is -2.39. The molecule has 136 valence electrons. The lowest BCUT2D eigenvalue weighted by Crippen LogP contribution is -2.42. The van der Waals surface area contributed by atoms with Crippen LogP contribution < -0.4 is 4.31 Å². The van der Waals surface area contributed by atoms with Crippen molar-refractivity contribution in [2.45, 2.75) is 25.4 Å². The third kappa shape index (κ3) is 3.47. The molecule has 0 bridgehead atoms.